The van der Waals surface area contributed by atoms with Gasteiger partial charge in [0.2, 0.25) is 0 Å². The number of aryl methyl sites for hydroxylation is 1. The second kappa shape index (κ2) is 5.35. The molecule has 0 bridgehead atoms. The molecule has 0 saturated carbocycles. The average Bonchev–Trinajstić information content (AvgIpc) is 2.34. The zero-order chi connectivity index (χ0) is 11.2. The van der Waals surface area contributed by atoms with Gasteiger partial charge < -0.3 is 4.79 Å². The van der Waals surface area contributed by atoms with Gasteiger partial charge in [0.05, 0.1) is 0 Å². The third kappa shape index (κ3) is 2.63. The molecule has 0 amide bonds. The molecule has 2 heterocycles. The maximum absolute atomic E-state index is 10.2. The summed E-state index contributed by atoms with van der Waals surface area (Å²) in [7, 11) is 0. The van der Waals surface area contributed by atoms with Crippen molar-refractivity contribution in [1.29, 1.82) is 0 Å². The van der Waals surface area contributed by atoms with Crippen LogP contribution in [0.15, 0.2) is 30.5 Å². The van der Waals surface area contributed by atoms with E-state index in [0.29, 0.717) is 6.42 Å². The summed E-state index contributed by atoms with van der Waals surface area (Å²) in [5.74, 6) is 0. The lowest BCUT2D eigenvalue weighted by Gasteiger charge is -2.01. The Morgan fingerprint density at radius 3 is 3.00 bits per heavy atom. The Bertz CT molecular complexity index is 482. The molecule has 0 fully saturated rings. The first-order chi connectivity index (χ1) is 7.90. The highest BCUT2D eigenvalue weighted by molar-refractivity contribution is 5.74. The van der Waals surface area contributed by atoms with E-state index in [2.05, 4.69) is 9.97 Å². The van der Waals surface area contributed by atoms with Crippen LogP contribution in [0, 0.1) is 0 Å². The maximum Gasteiger partial charge on any atom is 0.159 e. The van der Waals surface area contributed by atoms with Crippen LogP contribution in [-0.4, -0.2) is 16.3 Å². The molecule has 0 atom stereocenters. The molecule has 0 radical (unpaired) electrons. The Balaban J connectivity index is 2.05. The second-order valence-corrected chi connectivity index (χ2v) is 3.77. The lowest BCUT2D eigenvalue weighted by atomic mass is 10.1. The van der Waals surface area contributed by atoms with Gasteiger partial charge >= 0.3 is 0 Å². The van der Waals surface area contributed by atoms with E-state index in [1.54, 1.807) is 6.20 Å². The van der Waals surface area contributed by atoms with Crippen LogP contribution >= 0.6 is 0 Å². The lowest BCUT2D eigenvalue weighted by Crippen LogP contribution is -1.92. The molecule has 0 aliphatic carbocycles. The van der Waals surface area contributed by atoms with Crippen LogP contribution in [0.25, 0.3) is 11.0 Å². The summed E-state index contributed by atoms with van der Waals surface area (Å²) in [6, 6.07) is 7.99. The smallest absolute Gasteiger partial charge is 0.159 e. The van der Waals surface area contributed by atoms with Gasteiger partial charge in [-0.25, -0.2) is 9.97 Å². The number of unbranched alkanes of at least 4 members (excludes halogenated alkanes) is 2. The van der Waals surface area contributed by atoms with Crippen LogP contribution in [0.1, 0.15) is 25.0 Å². The van der Waals surface area contributed by atoms with Crippen molar-refractivity contribution in [3.63, 3.8) is 0 Å². The molecule has 0 aromatic carbocycles. The fraction of sp³-hybridized carbons (Fsp3) is 0.308. The van der Waals surface area contributed by atoms with Crippen molar-refractivity contribution in [1.82, 2.24) is 9.97 Å². The van der Waals surface area contributed by atoms with Crippen LogP contribution < -0.4 is 0 Å². The third-order valence-corrected chi connectivity index (χ3v) is 2.53. The normalized spacial score (nSPS) is 10.5. The van der Waals surface area contributed by atoms with Crippen LogP contribution in [0.4, 0.5) is 0 Å². The Kier molecular flexibility index (Phi) is 3.59. The fourth-order valence-corrected chi connectivity index (χ4v) is 1.67. The van der Waals surface area contributed by atoms with Gasteiger partial charge in [0.15, 0.2) is 5.65 Å². The quantitative estimate of drug-likeness (QED) is 0.567. The molecule has 0 aliphatic rings. The minimum absolute atomic E-state index is 0.645. The minimum atomic E-state index is 0.645. The van der Waals surface area contributed by atoms with Crippen molar-refractivity contribution in [2.45, 2.75) is 25.7 Å². The number of nitrogens with zero attached hydrogens (tertiary/aromatic N) is 2. The van der Waals surface area contributed by atoms with E-state index < -0.39 is 0 Å². The molecule has 3 heteroatoms. The van der Waals surface area contributed by atoms with Gasteiger partial charge in [0.25, 0.3) is 0 Å². The molecule has 16 heavy (non-hydrogen) atoms. The molecule has 0 aliphatic heterocycles. The molecule has 0 N–H and O–H groups in total. The first-order valence-electron chi connectivity index (χ1n) is 5.54. The van der Waals surface area contributed by atoms with Crippen molar-refractivity contribution in [2.75, 3.05) is 0 Å². The largest absolute Gasteiger partial charge is 0.303 e. The number of rotatable bonds is 5. The third-order valence-electron chi connectivity index (χ3n) is 2.53. The van der Waals surface area contributed by atoms with Crippen LogP contribution in [-0.2, 0) is 11.2 Å². The SMILES string of the molecule is O=CCCCCc1ccc2cccnc2n1. The number of aldehydes is 1. The van der Waals surface area contributed by atoms with E-state index in [-0.39, 0.29) is 0 Å². The second-order valence-electron chi connectivity index (χ2n) is 3.77. The maximum atomic E-state index is 10.2. The summed E-state index contributed by atoms with van der Waals surface area (Å²) in [4.78, 5) is 18.9. The standard InChI is InChI=1S/C13H14N2O/c16-10-3-1-2-6-12-8-7-11-5-4-9-14-13(11)15-12/h4-5,7-10H,1-3,6H2. The predicted molar refractivity (Wildman–Crippen MR) is 63.2 cm³/mol. The first kappa shape index (κ1) is 10.7. The van der Waals surface area contributed by atoms with Crippen molar-refractivity contribution in [2.24, 2.45) is 0 Å². The van der Waals surface area contributed by atoms with E-state index in [1.807, 2.05) is 24.3 Å². The van der Waals surface area contributed by atoms with Gasteiger partial charge in [-0.15, -0.1) is 0 Å². The highest BCUT2D eigenvalue weighted by atomic mass is 16.1. The van der Waals surface area contributed by atoms with E-state index in [1.165, 1.54) is 0 Å². The van der Waals surface area contributed by atoms with E-state index in [4.69, 9.17) is 0 Å². The molecule has 0 unspecified atom stereocenters. The topological polar surface area (TPSA) is 42.9 Å². The number of fused-ring (bicyclic) bond motifs is 1. The number of pyridine rings is 2. The highest BCUT2D eigenvalue weighted by Crippen LogP contribution is 2.11. The molecular formula is C13H14N2O. The number of hydrogen-bond acceptors (Lipinski definition) is 3. The van der Waals surface area contributed by atoms with Crippen molar-refractivity contribution in [3.05, 3.63) is 36.2 Å². The zero-order valence-electron chi connectivity index (χ0n) is 9.10. The Morgan fingerprint density at radius 1 is 1.19 bits per heavy atom. The van der Waals surface area contributed by atoms with Crippen LogP contribution in [0.3, 0.4) is 0 Å². The average molecular weight is 214 g/mol. The first-order valence-corrected chi connectivity index (χ1v) is 5.54. The van der Waals surface area contributed by atoms with Gasteiger partial charge in [-0.05, 0) is 43.5 Å². The zero-order valence-corrected chi connectivity index (χ0v) is 9.10. The van der Waals surface area contributed by atoms with E-state index in [0.717, 1.165) is 42.3 Å². The van der Waals surface area contributed by atoms with Crippen LogP contribution in [0.5, 0.6) is 0 Å². The minimum Gasteiger partial charge on any atom is -0.303 e. The summed E-state index contributed by atoms with van der Waals surface area (Å²) in [5.41, 5.74) is 1.85. The molecule has 2 aromatic rings. The van der Waals surface area contributed by atoms with Gasteiger partial charge in [-0.3, -0.25) is 0 Å². The number of carbonyl (C=O) groups excluding carboxylic acids is 1. The van der Waals surface area contributed by atoms with Gasteiger partial charge in [0.1, 0.15) is 6.29 Å². The monoisotopic (exact) mass is 214 g/mol. The lowest BCUT2D eigenvalue weighted by molar-refractivity contribution is -0.107. The number of aromatic nitrogens is 2. The molecule has 2 aromatic heterocycles. The molecular weight excluding hydrogens is 200 g/mol. The van der Waals surface area contributed by atoms with Gasteiger partial charge in [-0.2, -0.15) is 0 Å². The Hall–Kier alpha value is -1.77. The Labute approximate surface area is 94.5 Å². The van der Waals surface area contributed by atoms with Crippen molar-refractivity contribution >= 4 is 17.3 Å². The summed E-state index contributed by atoms with van der Waals surface area (Å²) in [6.07, 6.45) is 6.22. The van der Waals surface area contributed by atoms with E-state index in [9.17, 15) is 4.79 Å². The molecule has 2 rings (SSSR count). The molecule has 3 nitrogen and oxygen atoms in total. The molecule has 82 valence electrons. The molecule has 0 saturated heterocycles. The summed E-state index contributed by atoms with van der Waals surface area (Å²) < 4.78 is 0. The number of hydrogen-bond donors (Lipinski definition) is 0. The Morgan fingerprint density at radius 2 is 2.12 bits per heavy atom. The molecule has 0 spiro atoms. The summed E-state index contributed by atoms with van der Waals surface area (Å²) >= 11 is 0. The van der Waals surface area contributed by atoms with E-state index >= 15 is 0 Å². The van der Waals surface area contributed by atoms with Crippen molar-refractivity contribution < 1.29 is 4.79 Å². The summed E-state index contributed by atoms with van der Waals surface area (Å²) in [6.45, 7) is 0. The van der Waals surface area contributed by atoms with Gasteiger partial charge in [-0.1, -0.05) is 0 Å². The fourth-order valence-electron chi connectivity index (χ4n) is 1.67. The van der Waals surface area contributed by atoms with Crippen LogP contribution in [0.2, 0.25) is 0 Å². The van der Waals surface area contributed by atoms with Crippen molar-refractivity contribution in [3.8, 4) is 0 Å². The highest BCUT2D eigenvalue weighted by Gasteiger charge is 1.98. The number of carbonyl (C=O) groups is 1. The predicted octanol–water partition coefficient (Wildman–Crippen LogP) is 2.54. The van der Waals surface area contributed by atoms with Gasteiger partial charge in [0, 0.05) is 23.7 Å². The summed E-state index contributed by atoms with van der Waals surface area (Å²) in [5, 5.41) is 1.07.